The van der Waals surface area contributed by atoms with Crippen LogP contribution >= 0.6 is 11.3 Å². The van der Waals surface area contributed by atoms with Crippen molar-refractivity contribution in [2.24, 2.45) is 0 Å². The first kappa shape index (κ1) is 14.2. The van der Waals surface area contributed by atoms with E-state index in [0.717, 1.165) is 5.01 Å². The first-order valence-corrected chi connectivity index (χ1v) is 8.64. The van der Waals surface area contributed by atoms with Gasteiger partial charge in [0.1, 0.15) is 0 Å². The summed E-state index contributed by atoms with van der Waals surface area (Å²) in [6.07, 6.45) is 0.212. The minimum atomic E-state index is -3.61. The second-order valence-corrected chi connectivity index (χ2v) is 7.56. The third kappa shape index (κ3) is 2.97. The van der Waals surface area contributed by atoms with Crippen LogP contribution in [0.1, 0.15) is 16.3 Å². The molecule has 2 aromatic rings. The zero-order valence-electron chi connectivity index (χ0n) is 11.2. The van der Waals surface area contributed by atoms with E-state index in [1.165, 1.54) is 23.5 Å². The number of hydrogen-bond acceptors (Lipinski definition) is 5. The third-order valence-electron chi connectivity index (χ3n) is 3.12. The molecule has 2 heterocycles. The SMILES string of the molecule is Cc1nc(CNS(=O)(=O)c2ccc3c(c2)CC(=O)N3)cs1. The highest BCUT2D eigenvalue weighted by atomic mass is 32.2. The Bertz CT molecular complexity index is 812. The van der Waals surface area contributed by atoms with Crippen molar-refractivity contribution in [3.63, 3.8) is 0 Å². The van der Waals surface area contributed by atoms with Crippen LogP contribution in [0.4, 0.5) is 5.69 Å². The molecule has 1 aromatic carbocycles. The zero-order chi connectivity index (χ0) is 15.0. The number of rotatable bonds is 4. The molecule has 1 amide bonds. The molecule has 6 nitrogen and oxygen atoms in total. The smallest absolute Gasteiger partial charge is 0.240 e. The molecule has 8 heteroatoms. The number of aromatic nitrogens is 1. The van der Waals surface area contributed by atoms with E-state index in [-0.39, 0.29) is 23.8 Å². The molecule has 110 valence electrons. The van der Waals surface area contributed by atoms with Gasteiger partial charge in [-0.2, -0.15) is 0 Å². The number of sulfonamides is 1. The lowest BCUT2D eigenvalue weighted by Crippen LogP contribution is -2.23. The van der Waals surface area contributed by atoms with Gasteiger partial charge in [-0.3, -0.25) is 4.79 Å². The maximum Gasteiger partial charge on any atom is 0.240 e. The topological polar surface area (TPSA) is 88.2 Å². The molecular formula is C13H13N3O3S2. The molecule has 0 atom stereocenters. The average Bonchev–Trinajstić information content (AvgIpc) is 3.00. The number of carbonyl (C=O) groups excluding carboxylic acids is 1. The van der Waals surface area contributed by atoms with Crippen LogP contribution in [0.25, 0.3) is 0 Å². The number of thiazole rings is 1. The molecule has 1 aliphatic rings. The number of hydrogen-bond donors (Lipinski definition) is 2. The van der Waals surface area contributed by atoms with Gasteiger partial charge in [-0.25, -0.2) is 18.1 Å². The largest absolute Gasteiger partial charge is 0.326 e. The molecule has 0 bridgehead atoms. The second-order valence-electron chi connectivity index (χ2n) is 4.73. The molecule has 0 unspecified atom stereocenters. The molecule has 0 radical (unpaired) electrons. The van der Waals surface area contributed by atoms with Gasteiger partial charge in [0.25, 0.3) is 0 Å². The van der Waals surface area contributed by atoms with E-state index in [2.05, 4.69) is 15.0 Å². The average molecular weight is 323 g/mol. The highest BCUT2D eigenvalue weighted by molar-refractivity contribution is 7.89. The second kappa shape index (κ2) is 5.21. The Morgan fingerprint density at radius 2 is 2.24 bits per heavy atom. The maximum absolute atomic E-state index is 12.3. The number of nitrogens with one attached hydrogen (secondary N) is 2. The van der Waals surface area contributed by atoms with E-state index in [4.69, 9.17) is 0 Å². The van der Waals surface area contributed by atoms with Crippen molar-refractivity contribution in [1.29, 1.82) is 0 Å². The van der Waals surface area contributed by atoms with Crippen molar-refractivity contribution in [1.82, 2.24) is 9.71 Å². The fraction of sp³-hybridized carbons (Fsp3) is 0.231. The van der Waals surface area contributed by atoms with Gasteiger partial charge >= 0.3 is 0 Å². The summed E-state index contributed by atoms with van der Waals surface area (Å²) in [5, 5.41) is 5.39. The van der Waals surface area contributed by atoms with Gasteiger partial charge in [-0.1, -0.05) is 0 Å². The van der Waals surface area contributed by atoms with Crippen LogP contribution in [0.2, 0.25) is 0 Å². The molecule has 0 saturated carbocycles. The van der Waals surface area contributed by atoms with E-state index >= 15 is 0 Å². The van der Waals surface area contributed by atoms with Gasteiger partial charge < -0.3 is 5.32 Å². The summed E-state index contributed by atoms with van der Waals surface area (Å²) in [6.45, 7) is 2.02. The summed E-state index contributed by atoms with van der Waals surface area (Å²) < 4.78 is 27.0. The minimum absolute atomic E-state index is 0.120. The van der Waals surface area contributed by atoms with Crippen molar-refractivity contribution < 1.29 is 13.2 Å². The van der Waals surface area contributed by atoms with Crippen LogP contribution in [-0.4, -0.2) is 19.3 Å². The Morgan fingerprint density at radius 1 is 1.43 bits per heavy atom. The van der Waals surface area contributed by atoms with Crippen LogP contribution in [-0.2, 0) is 27.8 Å². The van der Waals surface area contributed by atoms with Crippen LogP contribution in [0, 0.1) is 6.92 Å². The molecule has 0 aliphatic carbocycles. The summed E-state index contributed by atoms with van der Waals surface area (Å²) in [6, 6.07) is 4.63. The molecule has 21 heavy (non-hydrogen) atoms. The number of carbonyl (C=O) groups is 1. The summed E-state index contributed by atoms with van der Waals surface area (Å²) in [5.74, 6) is -0.120. The van der Waals surface area contributed by atoms with Crippen LogP contribution in [0.5, 0.6) is 0 Å². The predicted molar refractivity (Wildman–Crippen MR) is 79.7 cm³/mol. The first-order valence-electron chi connectivity index (χ1n) is 6.27. The van der Waals surface area contributed by atoms with Gasteiger partial charge in [-0.15, -0.1) is 11.3 Å². The quantitative estimate of drug-likeness (QED) is 0.891. The Balaban J connectivity index is 1.79. The van der Waals surface area contributed by atoms with Gasteiger partial charge in [0.15, 0.2) is 0 Å². The lowest BCUT2D eigenvalue weighted by atomic mass is 10.2. The molecule has 2 N–H and O–H groups in total. The number of nitrogens with zero attached hydrogens (tertiary/aromatic N) is 1. The van der Waals surface area contributed by atoms with E-state index in [1.54, 1.807) is 6.07 Å². The Labute approximate surface area is 126 Å². The van der Waals surface area contributed by atoms with Crippen LogP contribution in [0.3, 0.4) is 0 Å². The first-order chi connectivity index (χ1) is 9.94. The van der Waals surface area contributed by atoms with E-state index in [9.17, 15) is 13.2 Å². The van der Waals surface area contributed by atoms with Gasteiger partial charge in [0.2, 0.25) is 15.9 Å². The lowest BCUT2D eigenvalue weighted by molar-refractivity contribution is -0.115. The number of aryl methyl sites for hydroxylation is 1. The fourth-order valence-electron chi connectivity index (χ4n) is 2.11. The summed E-state index contributed by atoms with van der Waals surface area (Å²) in [5.41, 5.74) is 2.07. The minimum Gasteiger partial charge on any atom is -0.326 e. The Hall–Kier alpha value is -1.77. The molecule has 1 aromatic heterocycles. The van der Waals surface area contributed by atoms with Crippen molar-refractivity contribution in [3.8, 4) is 0 Å². The highest BCUT2D eigenvalue weighted by Crippen LogP contribution is 2.25. The maximum atomic E-state index is 12.3. The zero-order valence-corrected chi connectivity index (χ0v) is 12.8. The molecule has 3 rings (SSSR count). The monoisotopic (exact) mass is 323 g/mol. The van der Waals surface area contributed by atoms with Crippen LogP contribution < -0.4 is 10.0 Å². The number of amides is 1. The lowest BCUT2D eigenvalue weighted by Gasteiger charge is -2.07. The molecule has 0 spiro atoms. The normalized spacial score (nSPS) is 14.0. The van der Waals surface area contributed by atoms with Crippen molar-refractivity contribution in [2.75, 3.05) is 5.32 Å². The van der Waals surface area contributed by atoms with Crippen molar-refractivity contribution in [3.05, 3.63) is 39.8 Å². The van der Waals surface area contributed by atoms with Crippen molar-refractivity contribution in [2.45, 2.75) is 24.8 Å². The Kier molecular flexibility index (Phi) is 3.52. The number of fused-ring (bicyclic) bond motifs is 1. The number of benzene rings is 1. The van der Waals surface area contributed by atoms with E-state index < -0.39 is 10.0 Å². The summed E-state index contributed by atoms with van der Waals surface area (Å²) >= 11 is 1.48. The molecular weight excluding hydrogens is 310 g/mol. The highest BCUT2D eigenvalue weighted by Gasteiger charge is 2.21. The predicted octanol–water partition coefficient (Wildman–Crippen LogP) is 1.42. The van der Waals surface area contributed by atoms with E-state index in [0.29, 0.717) is 16.9 Å². The van der Waals surface area contributed by atoms with Gasteiger partial charge in [0.05, 0.1) is 28.6 Å². The fourth-order valence-corrected chi connectivity index (χ4v) is 3.78. The van der Waals surface area contributed by atoms with Gasteiger partial charge in [0, 0.05) is 11.1 Å². The summed E-state index contributed by atoms with van der Waals surface area (Å²) in [4.78, 5) is 15.7. The van der Waals surface area contributed by atoms with Crippen LogP contribution in [0.15, 0.2) is 28.5 Å². The standard InChI is InChI=1S/C13H13N3O3S2/c1-8-15-10(7-20-8)6-14-21(18,19)11-2-3-12-9(4-11)5-13(17)16-12/h2-4,7,14H,5-6H2,1H3,(H,16,17). The molecule has 0 saturated heterocycles. The number of anilines is 1. The molecule has 1 aliphatic heterocycles. The third-order valence-corrected chi connectivity index (χ3v) is 5.34. The van der Waals surface area contributed by atoms with Gasteiger partial charge in [-0.05, 0) is 30.7 Å². The summed E-state index contributed by atoms with van der Waals surface area (Å²) in [7, 11) is -3.61. The van der Waals surface area contributed by atoms with E-state index in [1.807, 2.05) is 12.3 Å². The van der Waals surface area contributed by atoms with Crippen molar-refractivity contribution >= 4 is 33.0 Å². The Morgan fingerprint density at radius 3 is 2.95 bits per heavy atom. The molecule has 0 fully saturated rings.